The summed E-state index contributed by atoms with van der Waals surface area (Å²) in [6.07, 6.45) is -1.17. The highest BCUT2D eigenvalue weighted by Gasteiger charge is 2.44. The van der Waals surface area contributed by atoms with E-state index in [1.165, 1.54) is 35.4 Å². The number of benzene rings is 1. The molecule has 4 rings (SSSR count). The number of ether oxygens (including phenoxy) is 1. The summed E-state index contributed by atoms with van der Waals surface area (Å²) in [5.74, 6) is 0. The van der Waals surface area contributed by atoms with Crippen molar-refractivity contribution in [3.05, 3.63) is 28.8 Å². The quantitative estimate of drug-likeness (QED) is 0.545. The van der Waals surface area contributed by atoms with Gasteiger partial charge in [-0.15, -0.1) is 0 Å². The van der Waals surface area contributed by atoms with Crippen molar-refractivity contribution in [1.82, 2.24) is 9.80 Å². The van der Waals surface area contributed by atoms with Gasteiger partial charge in [-0.25, -0.2) is 4.79 Å². The molecule has 33 heavy (non-hydrogen) atoms. The van der Waals surface area contributed by atoms with E-state index in [0.29, 0.717) is 13.1 Å². The van der Waals surface area contributed by atoms with Crippen LogP contribution in [0.1, 0.15) is 51.0 Å². The summed E-state index contributed by atoms with van der Waals surface area (Å²) < 4.78 is 42.7. The molecule has 1 unspecified atom stereocenters. The molecule has 3 heterocycles. The minimum Gasteiger partial charge on any atom is -0.437 e. The highest BCUT2D eigenvalue weighted by atomic mass is 35.5. The van der Waals surface area contributed by atoms with Crippen LogP contribution < -0.4 is 4.90 Å². The highest BCUT2D eigenvalue weighted by Crippen LogP contribution is 2.41. The fraction of sp³-hybridized carbons (Fsp3) is 0.708. The van der Waals surface area contributed by atoms with Gasteiger partial charge in [0, 0.05) is 50.0 Å². The van der Waals surface area contributed by atoms with Crippen LogP contribution in [0.5, 0.6) is 0 Å². The molecule has 1 aromatic carbocycles. The van der Waals surface area contributed by atoms with Crippen LogP contribution in [0.3, 0.4) is 0 Å². The normalized spacial score (nSPS) is 22.6. The lowest BCUT2D eigenvalue weighted by Gasteiger charge is -2.39. The molecule has 3 aliphatic heterocycles. The Kier molecular flexibility index (Phi) is 7.34. The average molecular weight is 488 g/mol. The summed E-state index contributed by atoms with van der Waals surface area (Å²) in [4.78, 5) is 18.5. The molecule has 1 atom stereocenters. The first-order valence-electron chi connectivity index (χ1n) is 11.9. The van der Waals surface area contributed by atoms with Crippen molar-refractivity contribution < 1.29 is 22.7 Å². The van der Waals surface area contributed by atoms with Gasteiger partial charge in [-0.2, -0.15) is 13.2 Å². The molecule has 5 nitrogen and oxygen atoms in total. The van der Waals surface area contributed by atoms with Crippen molar-refractivity contribution in [3.8, 4) is 0 Å². The van der Waals surface area contributed by atoms with Gasteiger partial charge < -0.3 is 14.5 Å². The van der Waals surface area contributed by atoms with E-state index in [-0.39, 0.29) is 5.41 Å². The van der Waals surface area contributed by atoms with E-state index in [2.05, 4.69) is 26.7 Å². The standard InChI is InChI=1S/C24H33ClF3N3O2/c1-18(24(26,27)28)33-22(32)31-13-8-23(9-14-31)7-12-29(17-23)16-19-5-6-20(25)15-21(19)30-10-3-2-4-11-30/h5-6,15,18H,2-4,7-14,16-17H2,1H3. The molecule has 0 bridgehead atoms. The maximum atomic E-state index is 12.7. The molecule has 3 fully saturated rings. The fourth-order valence-electron chi connectivity index (χ4n) is 5.37. The fourth-order valence-corrected chi connectivity index (χ4v) is 5.53. The summed E-state index contributed by atoms with van der Waals surface area (Å²) in [6.45, 7) is 6.67. The predicted molar refractivity (Wildman–Crippen MR) is 123 cm³/mol. The first-order valence-corrected chi connectivity index (χ1v) is 12.3. The number of anilines is 1. The minimum atomic E-state index is -4.53. The van der Waals surface area contributed by atoms with E-state index in [1.54, 1.807) is 0 Å². The molecule has 1 spiro atoms. The van der Waals surface area contributed by atoms with Crippen molar-refractivity contribution in [2.45, 2.75) is 64.3 Å². The number of carbonyl (C=O) groups is 1. The third-order valence-electron chi connectivity index (χ3n) is 7.48. The summed E-state index contributed by atoms with van der Waals surface area (Å²) in [5.41, 5.74) is 2.64. The van der Waals surface area contributed by atoms with Crippen LogP contribution in [0.25, 0.3) is 0 Å². The van der Waals surface area contributed by atoms with Crippen LogP contribution in [-0.4, -0.2) is 67.4 Å². The zero-order valence-electron chi connectivity index (χ0n) is 19.2. The number of likely N-dealkylation sites (tertiary alicyclic amines) is 2. The van der Waals surface area contributed by atoms with Crippen LogP contribution in [-0.2, 0) is 11.3 Å². The van der Waals surface area contributed by atoms with Crippen LogP contribution in [0.4, 0.5) is 23.7 Å². The third kappa shape index (κ3) is 5.88. The second kappa shape index (κ2) is 9.90. The van der Waals surface area contributed by atoms with Crippen molar-refractivity contribution >= 4 is 23.4 Å². The molecule has 0 radical (unpaired) electrons. The van der Waals surface area contributed by atoms with E-state index in [0.717, 1.165) is 63.9 Å². The molecule has 3 saturated heterocycles. The number of piperidine rings is 2. The number of hydrogen-bond acceptors (Lipinski definition) is 4. The van der Waals surface area contributed by atoms with E-state index >= 15 is 0 Å². The van der Waals surface area contributed by atoms with Crippen molar-refractivity contribution in [2.75, 3.05) is 44.2 Å². The molecular weight excluding hydrogens is 455 g/mol. The smallest absolute Gasteiger partial charge is 0.425 e. The third-order valence-corrected chi connectivity index (χ3v) is 7.71. The summed E-state index contributed by atoms with van der Waals surface area (Å²) in [5, 5.41) is 0.760. The monoisotopic (exact) mass is 487 g/mol. The molecule has 0 N–H and O–H groups in total. The van der Waals surface area contributed by atoms with E-state index in [4.69, 9.17) is 11.6 Å². The summed E-state index contributed by atoms with van der Waals surface area (Å²) in [7, 11) is 0. The van der Waals surface area contributed by atoms with E-state index in [9.17, 15) is 18.0 Å². The van der Waals surface area contributed by atoms with Gasteiger partial charge in [0.1, 0.15) is 0 Å². The van der Waals surface area contributed by atoms with Crippen LogP contribution in [0, 0.1) is 5.41 Å². The molecule has 9 heteroatoms. The Bertz CT molecular complexity index is 837. The minimum absolute atomic E-state index is 0.115. The molecule has 1 aromatic rings. The molecular formula is C24H33ClF3N3O2. The van der Waals surface area contributed by atoms with Gasteiger partial charge in [-0.05, 0) is 75.1 Å². The number of amides is 1. The van der Waals surface area contributed by atoms with Crippen molar-refractivity contribution in [2.24, 2.45) is 5.41 Å². The number of alkyl halides is 3. The largest absolute Gasteiger partial charge is 0.437 e. The molecule has 3 aliphatic rings. The number of halogens is 4. The van der Waals surface area contributed by atoms with Gasteiger partial charge >= 0.3 is 12.3 Å². The molecule has 184 valence electrons. The van der Waals surface area contributed by atoms with Crippen LogP contribution in [0.15, 0.2) is 18.2 Å². The Hall–Kier alpha value is -1.67. The predicted octanol–water partition coefficient (Wildman–Crippen LogP) is 5.71. The Morgan fingerprint density at radius 3 is 2.42 bits per heavy atom. The maximum Gasteiger partial charge on any atom is 0.425 e. The van der Waals surface area contributed by atoms with E-state index < -0.39 is 18.4 Å². The number of carbonyl (C=O) groups excluding carboxylic acids is 1. The second-order valence-corrected chi connectivity index (χ2v) is 10.3. The Labute approximate surface area is 198 Å². The highest BCUT2D eigenvalue weighted by molar-refractivity contribution is 6.30. The molecule has 0 aliphatic carbocycles. The van der Waals surface area contributed by atoms with Gasteiger partial charge in [0.2, 0.25) is 0 Å². The van der Waals surface area contributed by atoms with Crippen LogP contribution >= 0.6 is 11.6 Å². The summed E-state index contributed by atoms with van der Waals surface area (Å²) >= 11 is 6.32. The van der Waals surface area contributed by atoms with Crippen LogP contribution in [0.2, 0.25) is 5.02 Å². The Balaban J connectivity index is 1.33. The van der Waals surface area contributed by atoms with Gasteiger partial charge in [0.15, 0.2) is 6.10 Å². The Morgan fingerprint density at radius 1 is 1.09 bits per heavy atom. The first-order chi connectivity index (χ1) is 15.7. The topological polar surface area (TPSA) is 36.0 Å². The molecule has 1 amide bonds. The van der Waals surface area contributed by atoms with Gasteiger partial charge in [0.25, 0.3) is 0 Å². The lowest BCUT2D eigenvalue weighted by Crippen LogP contribution is -2.46. The lowest BCUT2D eigenvalue weighted by atomic mass is 9.78. The van der Waals surface area contributed by atoms with Crippen molar-refractivity contribution in [3.63, 3.8) is 0 Å². The average Bonchev–Trinajstić information content (AvgIpc) is 3.17. The maximum absolute atomic E-state index is 12.7. The number of nitrogens with zero attached hydrogens (tertiary/aromatic N) is 3. The first kappa shape index (κ1) is 24.5. The Morgan fingerprint density at radius 2 is 1.76 bits per heavy atom. The molecule has 0 aromatic heterocycles. The number of hydrogen-bond donors (Lipinski definition) is 0. The zero-order valence-corrected chi connectivity index (χ0v) is 19.9. The van der Waals surface area contributed by atoms with Gasteiger partial charge in [0.05, 0.1) is 0 Å². The zero-order chi connectivity index (χ0) is 23.6. The summed E-state index contributed by atoms with van der Waals surface area (Å²) in [6, 6.07) is 6.18. The second-order valence-electron chi connectivity index (χ2n) is 9.84. The van der Waals surface area contributed by atoms with Gasteiger partial charge in [-0.3, -0.25) is 4.90 Å². The number of rotatable bonds is 4. The van der Waals surface area contributed by atoms with E-state index in [1.807, 2.05) is 6.07 Å². The SMILES string of the molecule is CC(OC(=O)N1CCC2(CCN(Cc3ccc(Cl)cc3N3CCCCC3)C2)CC1)C(F)(F)F. The lowest BCUT2D eigenvalue weighted by molar-refractivity contribution is -0.200. The molecule has 0 saturated carbocycles. The van der Waals surface area contributed by atoms with Crippen molar-refractivity contribution in [1.29, 1.82) is 0 Å². The van der Waals surface area contributed by atoms with Gasteiger partial charge in [-0.1, -0.05) is 17.7 Å².